The first-order valence-electron chi connectivity index (χ1n) is 10.1. The van der Waals surface area contributed by atoms with E-state index in [0.717, 1.165) is 16.7 Å². The molecule has 1 atom stereocenters. The molecule has 0 aliphatic rings. The molecule has 1 heterocycles. The van der Waals surface area contributed by atoms with Crippen LogP contribution in [0.25, 0.3) is 5.69 Å². The predicted octanol–water partition coefficient (Wildman–Crippen LogP) is 4.30. The average molecular weight is 484 g/mol. The zero-order chi connectivity index (χ0) is 25.4. The van der Waals surface area contributed by atoms with Crippen LogP contribution in [0.4, 0.5) is 27.6 Å². The molecule has 0 bridgehead atoms. The second-order valence-corrected chi connectivity index (χ2v) is 7.51. The van der Waals surface area contributed by atoms with Gasteiger partial charge in [-0.15, -0.1) is 5.10 Å². The van der Waals surface area contributed by atoms with Crippen LogP contribution in [0.3, 0.4) is 0 Å². The summed E-state index contributed by atoms with van der Waals surface area (Å²) in [6.45, 7) is 3.92. The van der Waals surface area contributed by atoms with Crippen LogP contribution in [-0.2, 0) is 13.5 Å². The first kappa shape index (κ1) is 24.9. The van der Waals surface area contributed by atoms with Crippen LogP contribution in [0.2, 0.25) is 0 Å². The van der Waals surface area contributed by atoms with Crippen molar-refractivity contribution < 1.29 is 31.5 Å². The third-order valence-electron chi connectivity index (χ3n) is 5.13. The quantitative estimate of drug-likeness (QED) is 0.530. The lowest BCUT2D eigenvalue weighted by atomic mass is 10.1. The minimum Gasteiger partial charge on any atom is -0.480 e. The molecular weight excluding hydrogens is 463 g/mol. The second-order valence-electron chi connectivity index (χ2n) is 7.51. The van der Waals surface area contributed by atoms with Crippen molar-refractivity contribution in [3.8, 4) is 11.4 Å². The minimum absolute atomic E-state index is 0.222. The van der Waals surface area contributed by atoms with E-state index in [1.807, 2.05) is 0 Å². The normalized spacial score (nSPS) is 12.5. The van der Waals surface area contributed by atoms with Gasteiger partial charge in [0, 0.05) is 19.5 Å². The van der Waals surface area contributed by atoms with Gasteiger partial charge in [0.2, 0.25) is 0 Å². The average Bonchev–Trinajstić information content (AvgIpc) is 3.04. The van der Waals surface area contributed by atoms with Gasteiger partial charge >= 0.3 is 11.9 Å². The topological polar surface area (TPSA) is 78.2 Å². The number of benzene rings is 2. The molecule has 7 nitrogen and oxygen atoms in total. The maximum Gasteiger partial charge on any atom is 0.425 e. The smallest absolute Gasteiger partial charge is 0.425 e. The highest BCUT2D eigenvalue weighted by Crippen LogP contribution is 2.31. The number of rotatable bonds is 6. The van der Waals surface area contributed by atoms with Gasteiger partial charge in [0.25, 0.3) is 5.91 Å². The molecule has 34 heavy (non-hydrogen) atoms. The van der Waals surface area contributed by atoms with Crippen molar-refractivity contribution in [1.82, 2.24) is 14.3 Å². The van der Waals surface area contributed by atoms with E-state index in [0.29, 0.717) is 35.5 Å². The fraction of sp³-hybridized carbons (Fsp3) is 0.318. The Labute approximate surface area is 190 Å². The molecule has 0 spiro atoms. The lowest BCUT2D eigenvalue weighted by Gasteiger charge is -2.20. The van der Waals surface area contributed by atoms with Gasteiger partial charge in [0.05, 0.1) is 11.3 Å². The first-order chi connectivity index (χ1) is 15.8. The first-order valence-corrected chi connectivity index (χ1v) is 10.1. The second kappa shape index (κ2) is 9.27. The Bertz CT molecular complexity index is 1280. The van der Waals surface area contributed by atoms with Crippen LogP contribution >= 0.6 is 0 Å². The number of carbonyl (C=O) groups excluding carboxylic acids is 1. The maximum atomic E-state index is 15.0. The molecule has 1 N–H and O–H groups in total. The Morgan fingerprint density at radius 2 is 1.88 bits per heavy atom. The lowest BCUT2D eigenvalue weighted by molar-refractivity contribution is -0.189. The Kier molecular flexibility index (Phi) is 6.80. The molecule has 182 valence electrons. The van der Waals surface area contributed by atoms with E-state index in [1.165, 1.54) is 26.1 Å². The molecule has 3 rings (SSSR count). The zero-order valence-electron chi connectivity index (χ0n) is 18.6. The number of aromatic nitrogens is 3. The highest BCUT2D eigenvalue weighted by atomic mass is 19.4. The number of hydrogen-bond acceptors (Lipinski definition) is 4. The van der Waals surface area contributed by atoms with E-state index in [4.69, 9.17) is 4.74 Å². The van der Waals surface area contributed by atoms with Crippen LogP contribution in [0.5, 0.6) is 5.75 Å². The van der Waals surface area contributed by atoms with E-state index in [2.05, 4.69) is 10.4 Å². The van der Waals surface area contributed by atoms with E-state index in [-0.39, 0.29) is 5.69 Å². The molecule has 12 heteroatoms. The molecule has 0 saturated heterocycles. The number of hydrogen-bond donors (Lipinski definition) is 1. The van der Waals surface area contributed by atoms with E-state index >= 15 is 4.39 Å². The number of halogens is 5. The monoisotopic (exact) mass is 484 g/mol. The standard InChI is InChI=1S/C22H21F5N4O3/c1-5-18-29-31(21(33)30(18)4)16-10-17(34-12(3)22(25,26)27)13(9-15(16)24)20(32)28-19-11(2)7-6-8-14(19)23/h6-10,12H,5H2,1-4H3,(H,28,32). The number of aryl methyl sites for hydroxylation is 2. The van der Waals surface area contributed by atoms with E-state index in [1.54, 1.807) is 6.92 Å². The van der Waals surface area contributed by atoms with Gasteiger partial charge < -0.3 is 10.1 Å². The highest BCUT2D eigenvalue weighted by Gasteiger charge is 2.39. The lowest BCUT2D eigenvalue weighted by Crippen LogP contribution is -2.32. The number of anilines is 1. The molecule has 1 aromatic heterocycles. The highest BCUT2D eigenvalue weighted by molar-refractivity contribution is 6.06. The third kappa shape index (κ3) is 4.80. The summed E-state index contributed by atoms with van der Waals surface area (Å²) in [5.41, 5.74) is -1.77. The molecule has 0 saturated carbocycles. The van der Waals surface area contributed by atoms with Crippen molar-refractivity contribution in [2.75, 3.05) is 5.32 Å². The molecule has 0 aliphatic carbocycles. The van der Waals surface area contributed by atoms with Crippen molar-refractivity contribution in [3.05, 3.63) is 69.4 Å². The summed E-state index contributed by atoms with van der Waals surface area (Å²) in [6, 6.07) is 5.39. The fourth-order valence-corrected chi connectivity index (χ4v) is 3.15. The van der Waals surface area contributed by atoms with Crippen molar-refractivity contribution in [2.24, 2.45) is 7.05 Å². The zero-order valence-corrected chi connectivity index (χ0v) is 18.6. The summed E-state index contributed by atoms with van der Waals surface area (Å²) in [7, 11) is 1.41. The summed E-state index contributed by atoms with van der Waals surface area (Å²) in [6.07, 6.45) is -6.85. The molecule has 2 aromatic carbocycles. The Balaban J connectivity index is 2.14. The van der Waals surface area contributed by atoms with Crippen LogP contribution in [0.1, 0.15) is 35.6 Å². The van der Waals surface area contributed by atoms with Crippen LogP contribution in [0, 0.1) is 18.6 Å². The number of ether oxygens (including phenoxy) is 1. The minimum atomic E-state index is -4.80. The largest absolute Gasteiger partial charge is 0.480 e. The van der Waals surface area contributed by atoms with Gasteiger partial charge in [0.15, 0.2) is 6.10 Å². The van der Waals surface area contributed by atoms with Crippen LogP contribution in [-0.4, -0.2) is 32.5 Å². The van der Waals surface area contributed by atoms with E-state index < -0.39 is 52.5 Å². The molecule has 0 fully saturated rings. The number of para-hydroxylation sites is 1. The summed E-state index contributed by atoms with van der Waals surface area (Å²) in [4.78, 5) is 25.3. The summed E-state index contributed by atoms with van der Waals surface area (Å²) in [5.74, 6) is -3.38. The fourth-order valence-electron chi connectivity index (χ4n) is 3.15. The van der Waals surface area contributed by atoms with Crippen molar-refractivity contribution in [3.63, 3.8) is 0 Å². The predicted molar refractivity (Wildman–Crippen MR) is 113 cm³/mol. The molecule has 3 aromatic rings. The summed E-state index contributed by atoms with van der Waals surface area (Å²) >= 11 is 0. The molecule has 0 radical (unpaired) electrons. The van der Waals surface area contributed by atoms with Gasteiger partial charge in [0.1, 0.15) is 28.9 Å². The van der Waals surface area contributed by atoms with Crippen molar-refractivity contribution in [2.45, 2.75) is 39.5 Å². The molecule has 0 aliphatic heterocycles. The number of alkyl halides is 3. The van der Waals surface area contributed by atoms with Gasteiger partial charge in [-0.2, -0.15) is 17.9 Å². The Morgan fingerprint density at radius 1 is 1.21 bits per heavy atom. The number of carbonyl (C=O) groups is 1. The third-order valence-corrected chi connectivity index (χ3v) is 5.13. The number of nitrogens with zero attached hydrogens (tertiary/aromatic N) is 3. The molecule has 1 amide bonds. The Hall–Kier alpha value is -3.70. The van der Waals surface area contributed by atoms with Crippen LogP contribution in [0.15, 0.2) is 35.1 Å². The Morgan fingerprint density at radius 3 is 2.44 bits per heavy atom. The molecule has 1 unspecified atom stereocenters. The number of nitrogens with one attached hydrogen (secondary N) is 1. The van der Waals surface area contributed by atoms with Crippen LogP contribution < -0.4 is 15.7 Å². The summed E-state index contributed by atoms with van der Waals surface area (Å²) < 4.78 is 75.5. The van der Waals surface area contributed by atoms with Gasteiger partial charge in [-0.05, 0) is 31.5 Å². The van der Waals surface area contributed by atoms with E-state index in [9.17, 15) is 27.2 Å². The maximum absolute atomic E-state index is 15.0. The van der Waals surface area contributed by atoms with Gasteiger partial charge in [-0.25, -0.2) is 13.6 Å². The van der Waals surface area contributed by atoms with Gasteiger partial charge in [-0.3, -0.25) is 9.36 Å². The summed E-state index contributed by atoms with van der Waals surface area (Å²) in [5, 5.41) is 6.23. The van der Waals surface area contributed by atoms with Gasteiger partial charge in [-0.1, -0.05) is 19.1 Å². The van der Waals surface area contributed by atoms with Crippen molar-refractivity contribution in [1.29, 1.82) is 0 Å². The SMILES string of the molecule is CCc1nn(-c2cc(OC(C)C(F)(F)F)c(C(=O)Nc3c(C)cccc3F)cc2F)c(=O)n1C. The molecular formula is C22H21F5N4O3. The van der Waals surface area contributed by atoms with Crippen molar-refractivity contribution >= 4 is 11.6 Å². The number of amides is 1.